The molecule has 7 heteroatoms. The third-order valence-electron chi connectivity index (χ3n) is 13.6. The molecule has 7 nitrogen and oxygen atoms in total. The fourth-order valence-electron chi connectivity index (χ4n) is 11.3. The van der Waals surface area contributed by atoms with E-state index < -0.39 is 0 Å². The lowest BCUT2D eigenvalue weighted by atomic mass is 9.47. The molecular formula is C35H54N2O5. The topological polar surface area (TPSA) is 77.1 Å². The van der Waals surface area contributed by atoms with Gasteiger partial charge in [0.2, 0.25) is 5.91 Å². The van der Waals surface area contributed by atoms with E-state index in [1.165, 1.54) is 31.3 Å². The van der Waals surface area contributed by atoms with Crippen LogP contribution in [0.15, 0.2) is 11.6 Å². The van der Waals surface area contributed by atoms with Crippen molar-refractivity contribution in [1.29, 1.82) is 0 Å². The van der Waals surface area contributed by atoms with Crippen molar-refractivity contribution in [2.75, 3.05) is 32.8 Å². The Bertz CT molecular complexity index is 1090. The third-order valence-corrected chi connectivity index (χ3v) is 13.6. The van der Waals surface area contributed by atoms with Gasteiger partial charge >= 0.3 is 5.97 Å². The number of hydrogen-bond donors (Lipinski definition) is 1. The Morgan fingerprint density at radius 3 is 2.62 bits per heavy atom. The summed E-state index contributed by atoms with van der Waals surface area (Å²) in [5.41, 5.74) is 2.07. The average molecular weight is 583 g/mol. The van der Waals surface area contributed by atoms with Crippen LogP contribution in [-0.2, 0) is 23.8 Å². The number of carbonyl (C=O) groups is 2. The molecule has 7 aliphatic rings. The summed E-state index contributed by atoms with van der Waals surface area (Å²) in [6.45, 7) is 13.8. The normalized spacial score (nSPS) is 48.1. The van der Waals surface area contributed by atoms with Gasteiger partial charge in [0.15, 0.2) is 5.79 Å². The van der Waals surface area contributed by atoms with E-state index in [4.69, 9.17) is 14.2 Å². The van der Waals surface area contributed by atoms with E-state index in [1.54, 1.807) is 0 Å². The lowest BCUT2D eigenvalue weighted by Gasteiger charge is -2.58. The van der Waals surface area contributed by atoms with Crippen molar-refractivity contribution in [2.45, 2.75) is 116 Å². The molecule has 42 heavy (non-hydrogen) atoms. The summed E-state index contributed by atoms with van der Waals surface area (Å²) in [7, 11) is 0. The Morgan fingerprint density at radius 2 is 1.86 bits per heavy atom. The summed E-state index contributed by atoms with van der Waals surface area (Å²) in [6.07, 6.45) is 13.4. The highest BCUT2D eigenvalue weighted by Crippen LogP contribution is 2.70. The lowest BCUT2D eigenvalue weighted by Crippen LogP contribution is -2.52. The van der Waals surface area contributed by atoms with Crippen LogP contribution >= 0.6 is 0 Å². The number of esters is 1. The standard InChI is InChI=1S/C35H54N2O5/c1-22-9-14-35(40-21-22)23(2)32-29(42-35)20-28-26-6-5-24-19-25(10-12-33(24,3)27(26)11-13-34(28,32)4)41-31(39)8-7-30(38)37-17-15-36-16-18-37/h5,22-23,25-29,32,36H,6-21H2,1-4H3/t22-,23+,25+,26-,27+,28+,29+,32+,33+,34+,35-/m1/s1. The molecule has 0 aromatic heterocycles. The number of fused-ring (bicyclic) bond motifs is 7. The molecule has 1 N–H and O–H groups in total. The predicted molar refractivity (Wildman–Crippen MR) is 160 cm³/mol. The number of nitrogens with zero attached hydrogens (tertiary/aromatic N) is 1. The van der Waals surface area contributed by atoms with Gasteiger partial charge in [0, 0.05) is 51.4 Å². The van der Waals surface area contributed by atoms with Crippen LogP contribution in [0, 0.1) is 46.3 Å². The number of rotatable bonds is 4. The third kappa shape index (κ3) is 4.70. The van der Waals surface area contributed by atoms with E-state index in [0.29, 0.717) is 41.1 Å². The van der Waals surface area contributed by atoms with E-state index >= 15 is 0 Å². The van der Waals surface area contributed by atoms with Gasteiger partial charge < -0.3 is 24.4 Å². The molecule has 0 unspecified atom stereocenters. The number of hydrogen-bond acceptors (Lipinski definition) is 6. The first-order valence-electron chi connectivity index (χ1n) is 17.3. The molecule has 1 spiro atoms. The molecule has 4 aliphatic carbocycles. The van der Waals surface area contributed by atoms with Crippen molar-refractivity contribution in [2.24, 2.45) is 46.3 Å². The molecule has 0 bridgehead atoms. The first-order chi connectivity index (χ1) is 20.1. The summed E-state index contributed by atoms with van der Waals surface area (Å²) in [6, 6.07) is 0. The van der Waals surface area contributed by atoms with Crippen LogP contribution in [0.1, 0.15) is 98.3 Å². The number of ether oxygens (including phenoxy) is 3. The van der Waals surface area contributed by atoms with Gasteiger partial charge in [-0.05, 0) is 85.4 Å². The van der Waals surface area contributed by atoms with Gasteiger partial charge in [0.1, 0.15) is 6.10 Å². The van der Waals surface area contributed by atoms with Crippen molar-refractivity contribution in [1.82, 2.24) is 10.2 Å². The molecule has 0 aromatic rings. The Balaban J connectivity index is 0.981. The molecule has 1 amide bonds. The zero-order valence-electron chi connectivity index (χ0n) is 26.5. The quantitative estimate of drug-likeness (QED) is 0.350. The van der Waals surface area contributed by atoms with Gasteiger partial charge in [-0.2, -0.15) is 0 Å². The van der Waals surface area contributed by atoms with Crippen molar-refractivity contribution < 1.29 is 23.8 Å². The Labute approximate surface area is 252 Å². The summed E-state index contributed by atoms with van der Waals surface area (Å²) in [5, 5.41) is 3.27. The fourth-order valence-corrected chi connectivity index (χ4v) is 11.3. The molecule has 7 rings (SSSR count). The summed E-state index contributed by atoms with van der Waals surface area (Å²) in [5.74, 6) is 3.36. The van der Waals surface area contributed by atoms with E-state index in [9.17, 15) is 9.59 Å². The molecule has 6 fully saturated rings. The predicted octanol–water partition coefficient (Wildman–Crippen LogP) is 5.48. The largest absolute Gasteiger partial charge is 0.462 e. The minimum Gasteiger partial charge on any atom is -0.462 e. The van der Waals surface area contributed by atoms with E-state index in [0.717, 1.165) is 70.8 Å². The van der Waals surface area contributed by atoms with Gasteiger partial charge in [0.05, 0.1) is 19.1 Å². The molecule has 0 radical (unpaired) electrons. The first kappa shape index (κ1) is 29.3. The van der Waals surface area contributed by atoms with Gasteiger partial charge in [-0.25, -0.2) is 0 Å². The molecule has 3 saturated heterocycles. The van der Waals surface area contributed by atoms with Crippen molar-refractivity contribution in [3.8, 4) is 0 Å². The SMILES string of the molecule is C[C@@H]1CC[C@@]2(OC1)O[C@H]1C[C@H]3[C@@H]4CC=C5C[C@@H](OC(=O)CCC(=O)N6CCNCC6)CC[C@]5(C)[C@H]4CC[C@]3(C)[C@H]1[C@@H]2C. The van der Waals surface area contributed by atoms with Crippen molar-refractivity contribution >= 4 is 11.9 Å². The zero-order chi connectivity index (χ0) is 29.3. The van der Waals surface area contributed by atoms with Crippen LogP contribution < -0.4 is 5.32 Å². The maximum Gasteiger partial charge on any atom is 0.306 e. The highest BCUT2D eigenvalue weighted by Gasteiger charge is 2.68. The van der Waals surface area contributed by atoms with E-state index in [-0.39, 0.29) is 42.0 Å². The fraction of sp³-hybridized carbons (Fsp3) is 0.886. The van der Waals surface area contributed by atoms with Crippen molar-refractivity contribution in [3.63, 3.8) is 0 Å². The maximum absolute atomic E-state index is 12.7. The highest BCUT2D eigenvalue weighted by molar-refractivity contribution is 5.81. The second kappa shape index (κ2) is 10.9. The molecule has 0 aromatic carbocycles. The molecule has 234 valence electrons. The second-order valence-corrected chi connectivity index (χ2v) is 15.8. The van der Waals surface area contributed by atoms with Gasteiger partial charge in [-0.15, -0.1) is 0 Å². The number of nitrogens with one attached hydrogen (secondary N) is 1. The van der Waals surface area contributed by atoms with Gasteiger partial charge in [-0.3, -0.25) is 9.59 Å². The molecule has 11 atom stereocenters. The molecule has 3 saturated carbocycles. The molecule has 3 heterocycles. The minimum absolute atomic E-state index is 0.0500. The van der Waals surface area contributed by atoms with Gasteiger partial charge in [-0.1, -0.05) is 39.3 Å². The van der Waals surface area contributed by atoms with E-state index in [1.807, 2.05) is 4.90 Å². The minimum atomic E-state index is -0.341. The zero-order valence-corrected chi connectivity index (χ0v) is 26.5. The summed E-state index contributed by atoms with van der Waals surface area (Å²) < 4.78 is 19.4. The lowest BCUT2D eigenvalue weighted by molar-refractivity contribution is -0.272. The first-order valence-corrected chi connectivity index (χ1v) is 17.3. The average Bonchev–Trinajstić information content (AvgIpc) is 3.43. The van der Waals surface area contributed by atoms with Crippen LogP contribution in [-0.4, -0.2) is 67.6 Å². The molecule has 3 aliphatic heterocycles. The van der Waals surface area contributed by atoms with Crippen LogP contribution in [0.2, 0.25) is 0 Å². The Kier molecular flexibility index (Phi) is 7.58. The Hall–Kier alpha value is -1.44. The van der Waals surface area contributed by atoms with Crippen molar-refractivity contribution in [3.05, 3.63) is 11.6 Å². The van der Waals surface area contributed by atoms with Crippen LogP contribution in [0.5, 0.6) is 0 Å². The highest BCUT2D eigenvalue weighted by atomic mass is 16.7. The second-order valence-electron chi connectivity index (χ2n) is 15.8. The van der Waals surface area contributed by atoms with Crippen LogP contribution in [0.4, 0.5) is 0 Å². The maximum atomic E-state index is 12.7. The number of carbonyl (C=O) groups excluding carboxylic acids is 2. The number of allylic oxidation sites excluding steroid dienone is 1. The smallest absolute Gasteiger partial charge is 0.306 e. The van der Waals surface area contributed by atoms with E-state index in [2.05, 4.69) is 39.1 Å². The number of piperazine rings is 1. The van der Waals surface area contributed by atoms with Gasteiger partial charge in [0.25, 0.3) is 0 Å². The summed E-state index contributed by atoms with van der Waals surface area (Å²) in [4.78, 5) is 27.1. The van der Waals surface area contributed by atoms with Crippen LogP contribution in [0.25, 0.3) is 0 Å². The Morgan fingerprint density at radius 1 is 1.05 bits per heavy atom. The monoisotopic (exact) mass is 582 g/mol. The van der Waals surface area contributed by atoms with Crippen LogP contribution in [0.3, 0.4) is 0 Å². The molecular weight excluding hydrogens is 528 g/mol. The number of amides is 1. The summed E-state index contributed by atoms with van der Waals surface area (Å²) >= 11 is 0.